The van der Waals surface area contributed by atoms with E-state index in [2.05, 4.69) is 4.90 Å². The monoisotopic (exact) mass is 266 g/mol. The van der Waals surface area contributed by atoms with Crippen molar-refractivity contribution in [3.05, 3.63) is 35.9 Å². The first kappa shape index (κ1) is 15.1. The second kappa shape index (κ2) is 6.27. The summed E-state index contributed by atoms with van der Waals surface area (Å²) in [6, 6.07) is 10.00. The quantitative estimate of drug-likeness (QED) is 0.770. The van der Waals surface area contributed by atoms with Gasteiger partial charge in [0.15, 0.2) is 0 Å². The first-order chi connectivity index (χ1) is 8.29. The van der Waals surface area contributed by atoms with Gasteiger partial charge in [0.05, 0.1) is 10.6 Å². The Balaban J connectivity index is 2.74. The minimum Gasteiger partial charge on any atom is -0.393 e. The number of aliphatic hydroxyl groups is 1. The van der Waals surface area contributed by atoms with Crippen molar-refractivity contribution in [1.29, 1.82) is 0 Å². The lowest BCUT2D eigenvalue weighted by Gasteiger charge is -2.28. The fourth-order valence-corrected chi connectivity index (χ4v) is 2.29. The summed E-state index contributed by atoms with van der Waals surface area (Å²) < 4.78 is 0. The molecule has 0 heterocycles. The minimum atomic E-state index is -0.716. The molecule has 1 aromatic rings. The zero-order valence-corrected chi connectivity index (χ0v) is 12.1. The van der Waals surface area contributed by atoms with Gasteiger partial charge in [-0.15, -0.1) is 0 Å². The molecule has 0 aliphatic rings. The van der Waals surface area contributed by atoms with Crippen LogP contribution >= 0.6 is 12.2 Å². The SMILES string of the molecule is CN(CC(C(N)=S)c1ccccc1)CC(C)(C)O. The van der Waals surface area contributed by atoms with Gasteiger partial charge in [-0.05, 0) is 26.5 Å². The lowest BCUT2D eigenvalue weighted by Crippen LogP contribution is -2.40. The third kappa shape index (κ3) is 5.12. The maximum atomic E-state index is 9.80. The summed E-state index contributed by atoms with van der Waals surface area (Å²) in [6.45, 7) is 4.88. The molecular formula is C14H22N2OS. The van der Waals surface area contributed by atoms with Gasteiger partial charge in [0.1, 0.15) is 0 Å². The van der Waals surface area contributed by atoms with Crippen LogP contribution in [0.1, 0.15) is 25.3 Å². The zero-order chi connectivity index (χ0) is 13.8. The number of likely N-dealkylation sites (N-methyl/N-ethyl adjacent to an activating group) is 1. The van der Waals surface area contributed by atoms with Crippen LogP contribution in [0.3, 0.4) is 0 Å². The molecule has 100 valence electrons. The molecule has 1 rings (SSSR count). The van der Waals surface area contributed by atoms with Crippen LogP contribution in [0.25, 0.3) is 0 Å². The van der Waals surface area contributed by atoms with Crippen molar-refractivity contribution in [1.82, 2.24) is 4.90 Å². The van der Waals surface area contributed by atoms with Crippen LogP contribution in [-0.4, -0.2) is 40.7 Å². The fraction of sp³-hybridized carbons (Fsp3) is 0.500. The normalized spacial score (nSPS) is 13.6. The van der Waals surface area contributed by atoms with Gasteiger partial charge >= 0.3 is 0 Å². The van der Waals surface area contributed by atoms with Crippen molar-refractivity contribution in [2.24, 2.45) is 5.73 Å². The molecule has 0 saturated heterocycles. The molecule has 3 nitrogen and oxygen atoms in total. The summed E-state index contributed by atoms with van der Waals surface area (Å²) in [5.74, 6) is 0.0218. The number of hydrogen-bond donors (Lipinski definition) is 2. The zero-order valence-electron chi connectivity index (χ0n) is 11.3. The Morgan fingerprint density at radius 2 is 1.94 bits per heavy atom. The van der Waals surface area contributed by atoms with Gasteiger partial charge < -0.3 is 15.7 Å². The maximum Gasteiger partial charge on any atom is 0.0816 e. The standard InChI is InChI=1S/C14H22N2OS/c1-14(2,17)10-16(3)9-12(13(15)18)11-7-5-4-6-8-11/h4-8,12,17H,9-10H2,1-3H3,(H2,15,18). The number of rotatable bonds is 6. The summed E-state index contributed by atoms with van der Waals surface area (Å²) >= 11 is 5.15. The largest absolute Gasteiger partial charge is 0.393 e. The molecule has 4 heteroatoms. The number of nitrogens with two attached hydrogens (primary N) is 1. The van der Waals surface area contributed by atoms with E-state index in [4.69, 9.17) is 18.0 Å². The van der Waals surface area contributed by atoms with Crippen molar-refractivity contribution in [2.45, 2.75) is 25.4 Å². The average Bonchev–Trinajstić information content (AvgIpc) is 2.24. The van der Waals surface area contributed by atoms with Gasteiger partial charge in [0.2, 0.25) is 0 Å². The van der Waals surface area contributed by atoms with Crippen LogP contribution in [-0.2, 0) is 0 Å². The van der Waals surface area contributed by atoms with E-state index in [9.17, 15) is 5.11 Å². The third-order valence-corrected chi connectivity index (χ3v) is 2.98. The van der Waals surface area contributed by atoms with E-state index >= 15 is 0 Å². The lowest BCUT2D eigenvalue weighted by molar-refractivity contribution is 0.0444. The summed E-state index contributed by atoms with van der Waals surface area (Å²) in [4.78, 5) is 2.54. The van der Waals surface area contributed by atoms with E-state index in [1.807, 2.05) is 37.4 Å². The highest BCUT2D eigenvalue weighted by molar-refractivity contribution is 7.80. The van der Waals surface area contributed by atoms with Crippen molar-refractivity contribution in [3.63, 3.8) is 0 Å². The van der Waals surface area contributed by atoms with E-state index < -0.39 is 5.60 Å². The summed E-state index contributed by atoms with van der Waals surface area (Å²) in [7, 11) is 1.96. The number of thiocarbonyl (C=S) groups is 1. The first-order valence-corrected chi connectivity index (χ1v) is 6.45. The topological polar surface area (TPSA) is 49.5 Å². The fourth-order valence-electron chi connectivity index (χ4n) is 2.08. The molecule has 0 saturated carbocycles. The van der Waals surface area contributed by atoms with Gasteiger partial charge in [0.25, 0.3) is 0 Å². The van der Waals surface area contributed by atoms with Gasteiger partial charge in [-0.2, -0.15) is 0 Å². The summed E-state index contributed by atoms with van der Waals surface area (Å²) in [6.07, 6.45) is 0. The van der Waals surface area contributed by atoms with Crippen LogP contribution in [0.4, 0.5) is 0 Å². The molecule has 0 amide bonds. The molecule has 0 fully saturated rings. The molecule has 0 spiro atoms. The molecule has 0 radical (unpaired) electrons. The summed E-state index contributed by atoms with van der Waals surface area (Å²) in [5, 5.41) is 9.80. The maximum absolute atomic E-state index is 9.80. The second-order valence-electron chi connectivity index (χ2n) is 5.37. The minimum absolute atomic E-state index is 0.0218. The smallest absolute Gasteiger partial charge is 0.0816 e. The van der Waals surface area contributed by atoms with Gasteiger partial charge in [-0.3, -0.25) is 0 Å². The average molecular weight is 266 g/mol. The lowest BCUT2D eigenvalue weighted by atomic mass is 9.98. The Bertz CT molecular complexity index is 387. The van der Waals surface area contributed by atoms with E-state index in [0.29, 0.717) is 18.1 Å². The third-order valence-electron chi connectivity index (χ3n) is 2.70. The van der Waals surface area contributed by atoms with Crippen molar-refractivity contribution in [3.8, 4) is 0 Å². The highest BCUT2D eigenvalue weighted by Crippen LogP contribution is 2.18. The molecule has 0 aliphatic heterocycles. The van der Waals surface area contributed by atoms with Gasteiger partial charge in [0, 0.05) is 19.0 Å². The summed E-state index contributed by atoms with van der Waals surface area (Å²) in [5.41, 5.74) is 6.23. The Morgan fingerprint density at radius 1 is 1.39 bits per heavy atom. The molecule has 0 aliphatic carbocycles. The Morgan fingerprint density at radius 3 is 2.39 bits per heavy atom. The van der Waals surface area contributed by atoms with Gasteiger partial charge in [-0.1, -0.05) is 42.5 Å². The van der Waals surface area contributed by atoms with Crippen LogP contribution in [0.2, 0.25) is 0 Å². The van der Waals surface area contributed by atoms with Crippen molar-refractivity contribution < 1.29 is 5.11 Å². The van der Waals surface area contributed by atoms with Crippen LogP contribution in [0.5, 0.6) is 0 Å². The van der Waals surface area contributed by atoms with E-state index in [1.54, 1.807) is 13.8 Å². The number of benzene rings is 1. The molecule has 1 aromatic carbocycles. The van der Waals surface area contributed by atoms with Crippen molar-refractivity contribution in [2.75, 3.05) is 20.1 Å². The van der Waals surface area contributed by atoms with Gasteiger partial charge in [-0.25, -0.2) is 0 Å². The van der Waals surface area contributed by atoms with Crippen LogP contribution in [0.15, 0.2) is 30.3 Å². The van der Waals surface area contributed by atoms with Crippen LogP contribution in [0, 0.1) is 0 Å². The van der Waals surface area contributed by atoms with E-state index in [0.717, 1.165) is 5.56 Å². The Labute approximate surface area is 115 Å². The highest BCUT2D eigenvalue weighted by atomic mass is 32.1. The molecule has 1 atom stereocenters. The second-order valence-corrected chi connectivity index (χ2v) is 5.85. The molecule has 1 unspecified atom stereocenters. The molecule has 3 N–H and O–H groups in total. The molecule has 0 aromatic heterocycles. The van der Waals surface area contributed by atoms with Crippen molar-refractivity contribution >= 4 is 17.2 Å². The van der Waals surface area contributed by atoms with E-state index in [-0.39, 0.29) is 5.92 Å². The highest BCUT2D eigenvalue weighted by Gasteiger charge is 2.21. The number of hydrogen-bond acceptors (Lipinski definition) is 3. The Kier molecular flexibility index (Phi) is 5.26. The number of nitrogens with zero attached hydrogens (tertiary/aromatic N) is 1. The Hall–Kier alpha value is -0.970. The predicted octanol–water partition coefficient (Wildman–Crippen LogP) is 1.76. The predicted molar refractivity (Wildman–Crippen MR) is 79.8 cm³/mol. The molecular weight excluding hydrogens is 244 g/mol. The first-order valence-electron chi connectivity index (χ1n) is 6.05. The van der Waals surface area contributed by atoms with E-state index in [1.165, 1.54) is 0 Å². The molecule has 0 bridgehead atoms. The molecule has 18 heavy (non-hydrogen) atoms. The van der Waals surface area contributed by atoms with Crippen LogP contribution < -0.4 is 5.73 Å².